The molecule has 4 N–H and O–H groups in total. The second-order valence-electron chi connectivity index (χ2n) is 3.76. The van der Waals surface area contributed by atoms with E-state index < -0.39 is 5.60 Å². The third-order valence-electron chi connectivity index (χ3n) is 2.61. The monoisotopic (exact) mass is 194 g/mol. The molecule has 76 valence electrons. The molecule has 1 aliphatic carbocycles. The van der Waals surface area contributed by atoms with Crippen molar-refractivity contribution in [2.24, 2.45) is 0 Å². The number of aromatic nitrogens is 2. The predicted molar refractivity (Wildman–Crippen MR) is 53.7 cm³/mol. The van der Waals surface area contributed by atoms with Gasteiger partial charge >= 0.3 is 0 Å². The van der Waals surface area contributed by atoms with Crippen LogP contribution in [0.3, 0.4) is 0 Å². The van der Waals surface area contributed by atoms with Crippen LogP contribution in [0.15, 0.2) is 12.5 Å². The van der Waals surface area contributed by atoms with Crippen LogP contribution < -0.4 is 11.1 Å². The molecule has 1 aliphatic rings. The summed E-state index contributed by atoms with van der Waals surface area (Å²) in [5.41, 5.74) is 5.59. The number of hydrogen-bond acceptors (Lipinski definition) is 5. The summed E-state index contributed by atoms with van der Waals surface area (Å²) >= 11 is 0. The SMILES string of the molecule is Nc1cncnc1NCC1(O)CCC1. The normalized spacial score (nSPS) is 18.6. The van der Waals surface area contributed by atoms with Crippen molar-refractivity contribution in [1.82, 2.24) is 9.97 Å². The zero-order valence-electron chi connectivity index (χ0n) is 7.90. The minimum absolute atomic E-state index is 0.508. The maximum atomic E-state index is 9.82. The average molecular weight is 194 g/mol. The van der Waals surface area contributed by atoms with Crippen molar-refractivity contribution in [2.45, 2.75) is 24.9 Å². The molecule has 5 heteroatoms. The third-order valence-corrected chi connectivity index (χ3v) is 2.61. The molecular weight excluding hydrogens is 180 g/mol. The molecule has 0 aliphatic heterocycles. The summed E-state index contributed by atoms with van der Waals surface area (Å²) < 4.78 is 0. The zero-order chi connectivity index (χ0) is 10.0. The zero-order valence-corrected chi connectivity index (χ0v) is 7.90. The number of anilines is 2. The fourth-order valence-corrected chi connectivity index (χ4v) is 1.50. The summed E-state index contributed by atoms with van der Waals surface area (Å²) in [6.07, 6.45) is 5.77. The lowest BCUT2D eigenvalue weighted by atomic mass is 9.80. The molecule has 1 fully saturated rings. The summed E-state index contributed by atoms with van der Waals surface area (Å²) in [6.45, 7) is 0.508. The number of nitrogens with two attached hydrogens (primary N) is 1. The van der Waals surface area contributed by atoms with Gasteiger partial charge in [0.1, 0.15) is 6.33 Å². The molecule has 0 aromatic carbocycles. The highest BCUT2D eigenvalue weighted by Gasteiger charge is 2.34. The van der Waals surface area contributed by atoms with Gasteiger partial charge in [-0.1, -0.05) is 0 Å². The van der Waals surface area contributed by atoms with E-state index in [0.717, 1.165) is 19.3 Å². The molecule has 0 spiro atoms. The highest BCUT2D eigenvalue weighted by Crippen LogP contribution is 2.31. The fraction of sp³-hybridized carbons (Fsp3) is 0.556. The maximum absolute atomic E-state index is 9.82. The van der Waals surface area contributed by atoms with E-state index in [4.69, 9.17) is 5.73 Å². The quantitative estimate of drug-likeness (QED) is 0.648. The van der Waals surface area contributed by atoms with Crippen LogP contribution in [0, 0.1) is 0 Å². The van der Waals surface area contributed by atoms with Crippen LogP contribution >= 0.6 is 0 Å². The first kappa shape index (κ1) is 9.21. The first-order valence-corrected chi connectivity index (χ1v) is 4.71. The Balaban J connectivity index is 1.95. The van der Waals surface area contributed by atoms with Crippen LogP contribution in [0.2, 0.25) is 0 Å². The van der Waals surface area contributed by atoms with E-state index in [1.807, 2.05) is 0 Å². The van der Waals surface area contributed by atoms with Crippen LogP contribution in [0.25, 0.3) is 0 Å². The number of hydrogen-bond donors (Lipinski definition) is 3. The van der Waals surface area contributed by atoms with E-state index in [1.54, 1.807) is 6.20 Å². The van der Waals surface area contributed by atoms with E-state index in [0.29, 0.717) is 18.1 Å². The molecule has 0 bridgehead atoms. The lowest BCUT2D eigenvalue weighted by Gasteiger charge is -2.36. The Morgan fingerprint density at radius 2 is 2.36 bits per heavy atom. The number of aliphatic hydroxyl groups is 1. The lowest BCUT2D eigenvalue weighted by Crippen LogP contribution is -2.43. The highest BCUT2D eigenvalue weighted by atomic mass is 16.3. The van der Waals surface area contributed by atoms with Crippen LogP contribution in [0.5, 0.6) is 0 Å². The lowest BCUT2D eigenvalue weighted by molar-refractivity contribution is -0.0202. The van der Waals surface area contributed by atoms with Gasteiger partial charge in [-0.05, 0) is 19.3 Å². The second-order valence-corrected chi connectivity index (χ2v) is 3.76. The summed E-state index contributed by atoms with van der Waals surface area (Å²) in [5, 5.41) is 12.8. The molecule has 5 nitrogen and oxygen atoms in total. The molecule has 1 heterocycles. The number of nitrogen functional groups attached to an aromatic ring is 1. The Bertz CT molecular complexity index is 324. The smallest absolute Gasteiger partial charge is 0.152 e. The molecule has 0 radical (unpaired) electrons. The van der Waals surface area contributed by atoms with Gasteiger partial charge in [0.25, 0.3) is 0 Å². The minimum Gasteiger partial charge on any atom is -0.394 e. The van der Waals surface area contributed by atoms with Gasteiger partial charge < -0.3 is 16.2 Å². The van der Waals surface area contributed by atoms with Crippen molar-refractivity contribution in [3.8, 4) is 0 Å². The summed E-state index contributed by atoms with van der Waals surface area (Å²) in [4.78, 5) is 7.77. The molecule has 1 aromatic rings. The van der Waals surface area contributed by atoms with E-state index in [-0.39, 0.29) is 0 Å². The number of nitrogens with zero attached hydrogens (tertiary/aromatic N) is 2. The topological polar surface area (TPSA) is 84.1 Å². The predicted octanol–water partition coefficient (Wildman–Crippen LogP) is 0.386. The van der Waals surface area contributed by atoms with Gasteiger partial charge in [0.2, 0.25) is 0 Å². The Hall–Kier alpha value is -1.36. The summed E-state index contributed by atoms with van der Waals surface area (Å²) in [7, 11) is 0. The molecule has 0 atom stereocenters. The molecule has 1 aromatic heterocycles. The minimum atomic E-state index is -0.558. The highest BCUT2D eigenvalue weighted by molar-refractivity contribution is 5.59. The Labute approximate surface area is 82.4 Å². The molecule has 0 saturated heterocycles. The molecule has 14 heavy (non-hydrogen) atoms. The van der Waals surface area contributed by atoms with Gasteiger partial charge in [0, 0.05) is 6.54 Å². The molecule has 1 saturated carbocycles. The van der Waals surface area contributed by atoms with Crippen molar-refractivity contribution < 1.29 is 5.11 Å². The van der Waals surface area contributed by atoms with E-state index in [1.165, 1.54) is 6.33 Å². The summed E-state index contributed by atoms with van der Waals surface area (Å²) in [5.74, 6) is 0.598. The Morgan fingerprint density at radius 1 is 1.57 bits per heavy atom. The van der Waals surface area contributed by atoms with Crippen LogP contribution in [0.1, 0.15) is 19.3 Å². The second kappa shape index (κ2) is 3.42. The van der Waals surface area contributed by atoms with Gasteiger partial charge in [-0.25, -0.2) is 9.97 Å². The van der Waals surface area contributed by atoms with Crippen LogP contribution in [-0.2, 0) is 0 Å². The standard InChI is InChI=1S/C9H14N4O/c10-7-4-11-6-13-8(7)12-5-9(14)2-1-3-9/h4,6,14H,1-3,5,10H2,(H,11,12,13). The van der Waals surface area contributed by atoms with E-state index in [2.05, 4.69) is 15.3 Å². The Morgan fingerprint density at radius 3 is 2.93 bits per heavy atom. The number of rotatable bonds is 3. The van der Waals surface area contributed by atoms with Gasteiger partial charge in [0.05, 0.1) is 17.5 Å². The Kier molecular flexibility index (Phi) is 2.25. The van der Waals surface area contributed by atoms with E-state index >= 15 is 0 Å². The van der Waals surface area contributed by atoms with Gasteiger partial charge in [0.15, 0.2) is 5.82 Å². The summed E-state index contributed by atoms with van der Waals surface area (Å²) in [6, 6.07) is 0. The van der Waals surface area contributed by atoms with Crippen molar-refractivity contribution in [1.29, 1.82) is 0 Å². The van der Waals surface area contributed by atoms with Gasteiger partial charge in [-0.2, -0.15) is 0 Å². The van der Waals surface area contributed by atoms with Crippen LogP contribution in [-0.4, -0.2) is 27.2 Å². The first-order valence-electron chi connectivity index (χ1n) is 4.71. The third kappa shape index (κ3) is 1.77. The molecule has 0 amide bonds. The van der Waals surface area contributed by atoms with Crippen molar-refractivity contribution in [3.63, 3.8) is 0 Å². The van der Waals surface area contributed by atoms with E-state index in [9.17, 15) is 5.11 Å². The largest absolute Gasteiger partial charge is 0.394 e. The molecule has 0 unspecified atom stereocenters. The first-order chi connectivity index (χ1) is 6.70. The van der Waals surface area contributed by atoms with Gasteiger partial charge in [-0.15, -0.1) is 0 Å². The van der Waals surface area contributed by atoms with Gasteiger partial charge in [-0.3, -0.25) is 0 Å². The van der Waals surface area contributed by atoms with Crippen molar-refractivity contribution >= 4 is 11.5 Å². The fourth-order valence-electron chi connectivity index (χ4n) is 1.50. The maximum Gasteiger partial charge on any atom is 0.152 e. The molecule has 2 rings (SSSR count). The molecular formula is C9H14N4O. The number of nitrogens with one attached hydrogen (secondary N) is 1. The van der Waals surface area contributed by atoms with Crippen molar-refractivity contribution in [3.05, 3.63) is 12.5 Å². The average Bonchev–Trinajstić information content (AvgIpc) is 2.14. The van der Waals surface area contributed by atoms with Crippen LogP contribution in [0.4, 0.5) is 11.5 Å². The van der Waals surface area contributed by atoms with Crippen molar-refractivity contribution in [2.75, 3.05) is 17.6 Å².